The Kier molecular flexibility index (Phi) is 12.5. The minimum atomic E-state index is -1.04. The Morgan fingerprint density at radius 1 is 1.26 bits per heavy atom. The van der Waals surface area contributed by atoms with Gasteiger partial charge in [0.05, 0.1) is 19.8 Å². The highest BCUT2D eigenvalue weighted by Gasteiger charge is 2.18. The molecular weight excluding hydrogens is 289 g/mol. The zero-order valence-corrected chi connectivity index (χ0v) is 13.0. The molecule has 19 heavy (non-hydrogen) atoms. The van der Waals surface area contributed by atoms with Crippen molar-refractivity contribution in [2.24, 2.45) is 0 Å². The second kappa shape index (κ2) is 12.7. The first-order valence-electron chi connectivity index (χ1n) is 6.46. The molecular formula is C13H23Cl2NO3. The lowest BCUT2D eigenvalue weighted by Gasteiger charge is -2.21. The zero-order valence-electron chi connectivity index (χ0n) is 11.4. The minimum Gasteiger partial charge on any atom is -0.379 e. The third-order valence-electron chi connectivity index (χ3n) is 2.37. The lowest BCUT2D eigenvalue weighted by atomic mass is 10.4. The summed E-state index contributed by atoms with van der Waals surface area (Å²) >= 11 is 11.1. The van der Waals surface area contributed by atoms with Crippen LogP contribution in [0.25, 0.3) is 0 Å². The average Bonchev–Trinajstić information content (AvgIpc) is 2.39. The van der Waals surface area contributed by atoms with Crippen molar-refractivity contribution in [3.8, 4) is 0 Å². The Morgan fingerprint density at radius 3 is 2.42 bits per heavy atom. The summed E-state index contributed by atoms with van der Waals surface area (Å²) in [6, 6.07) is 0. The fourth-order valence-electron chi connectivity index (χ4n) is 1.33. The Hall–Kier alpha value is -0.290. The number of hydrogen-bond acceptors (Lipinski definition) is 3. The molecule has 0 rings (SSSR count). The lowest BCUT2D eigenvalue weighted by Crippen LogP contribution is -2.37. The number of carbonyl (C=O) groups is 1. The molecule has 0 spiro atoms. The smallest absolute Gasteiger partial charge is 0.256 e. The SMILES string of the molecule is C=CCN(CCOCCOCCCC)C(=O)C(Cl)Cl. The number of unbranched alkanes of at least 4 members (excludes halogenated alkanes) is 1. The number of halogens is 2. The Balaban J connectivity index is 3.64. The van der Waals surface area contributed by atoms with Gasteiger partial charge in [-0.2, -0.15) is 0 Å². The average molecular weight is 312 g/mol. The van der Waals surface area contributed by atoms with Gasteiger partial charge in [-0.05, 0) is 6.42 Å². The standard InChI is InChI=1S/C13H23Cl2NO3/c1-3-5-8-18-10-11-19-9-7-16(6-4-2)13(17)12(14)15/h4,12H,2-3,5-11H2,1H3. The van der Waals surface area contributed by atoms with Crippen LogP contribution in [0.5, 0.6) is 0 Å². The van der Waals surface area contributed by atoms with E-state index < -0.39 is 4.84 Å². The Morgan fingerprint density at radius 2 is 1.89 bits per heavy atom. The molecule has 1 amide bonds. The van der Waals surface area contributed by atoms with Crippen LogP contribution >= 0.6 is 23.2 Å². The van der Waals surface area contributed by atoms with Crippen LogP contribution in [-0.4, -0.2) is 55.2 Å². The second-order valence-electron chi connectivity index (χ2n) is 3.95. The van der Waals surface area contributed by atoms with Gasteiger partial charge in [0.25, 0.3) is 5.91 Å². The highest BCUT2D eigenvalue weighted by molar-refractivity contribution is 6.53. The summed E-state index contributed by atoms with van der Waals surface area (Å²) in [7, 11) is 0. The predicted octanol–water partition coefficient (Wildman–Crippen LogP) is 2.64. The number of amides is 1. The summed E-state index contributed by atoms with van der Waals surface area (Å²) < 4.78 is 10.7. The van der Waals surface area contributed by atoms with Gasteiger partial charge in [0, 0.05) is 19.7 Å². The third-order valence-corrected chi connectivity index (χ3v) is 2.74. The van der Waals surface area contributed by atoms with Crippen molar-refractivity contribution in [2.45, 2.75) is 24.6 Å². The van der Waals surface area contributed by atoms with Crippen molar-refractivity contribution >= 4 is 29.1 Å². The molecule has 0 unspecified atom stereocenters. The van der Waals surface area contributed by atoms with Crippen LogP contribution in [-0.2, 0) is 14.3 Å². The number of rotatable bonds is 12. The monoisotopic (exact) mass is 311 g/mol. The number of carbonyl (C=O) groups excluding carboxylic acids is 1. The molecule has 0 atom stereocenters. The van der Waals surface area contributed by atoms with Gasteiger partial charge in [-0.25, -0.2) is 0 Å². The van der Waals surface area contributed by atoms with E-state index in [4.69, 9.17) is 32.7 Å². The van der Waals surface area contributed by atoms with Crippen LogP contribution < -0.4 is 0 Å². The van der Waals surface area contributed by atoms with E-state index in [1.54, 1.807) is 6.08 Å². The molecule has 0 aliphatic heterocycles. The molecule has 0 bridgehead atoms. The van der Waals surface area contributed by atoms with Gasteiger partial charge in [-0.1, -0.05) is 42.6 Å². The normalized spacial score (nSPS) is 10.7. The molecule has 0 aliphatic carbocycles. The van der Waals surface area contributed by atoms with Gasteiger partial charge >= 0.3 is 0 Å². The van der Waals surface area contributed by atoms with E-state index in [1.165, 1.54) is 4.90 Å². The molecule has 0 aromatic carbocycles. The molecule has 6 heteroatoms. The molecule has 4 nitrogen and oxygen atoms in total. The molecule has 0 aromatic heterocycles. The maximum absolute atomic E-state index is 11.6. The van der Waals surface area contributed by atoms with Crippen molar-refractivity contribution < 1.29 is 14.3 Å². The molecule has 0 heterocycles. The van der Waals surface area contributed by atoms with E-state index in [0.29, 0.717) is 32.9 Å². The highest BCUT2D eigenvalue weighted by atomic mass is 35.5. The van der Waals surface area contributed by atoms with E-state index in [2.05, 4.69) is 13.5 Å². The van der Waals surface area contributed by atoms with Gasteiger partial charge < -0.3 is 14.4 Å². The van der Waals surface area contributed by atoms with Gasteiger partial charge in [-0.3, -0.25) is 4.79 Å². The number of ether oxygens (including phenoxy) is 2. The number of nitrogens with zero attached hydrogens (tertiary/aromatic N) is 1. The summed E-state index contributed by atoms with van der Waals surface area (Å²) in [5.74, 6) is -0.328. The summed E-state index contributed by atoms with van der Waals surface area (Å²) in [5.41, 5.74) is 0. The first-order valence-corrected chi connectivity index (χ1v) is 7.34. The topological polar surface area (TPSA) is 38.8 Å². The van der Waals surface area contributed by atoms with Crippen LogP contribution in [0.3, 0.4) is 0 Å². The van der Waals surface area contributed by atoms with Crippen LogP contribution in [0.2, 0.25) is 0 Å². The molecule has 112 valence electrons. The van der Waals surface area contributed by atoms with E-state index >= 15 is 0 Å². The summed E-state index contributed by atoms with van der Waals surface area (Å²) in [6.07, 6.45) is 3.81. The van der Waals surface area contributed by atoms with Crippen molar-refractivity contribution in [1.82, 2.24) is 4.90 Å². The quantitative estimate of drug-likeness (QED) is 0.316. The van der Waals surface area contributed by atoms with Crippen molar-refractivity contribution in [3.63, 3.8) is 0 Å². The fourth-order valence-corrected chi connectivity index (χ4v) is 1.60. The summed E-state index contributed by atoms with van der Waals surface area (Å²) in [6.45, 7) is 8.84. The summed E-state index contributed by atoms with van der Waals surface area (Å²) in [5, 5.41) is 0. The van der Waals surface area contributed by atoms with Crippen molar-refractivity contribution in [2.75, 3.05) is 39.5 Å². The molecule has 0 N–H and O–H groups in total. The number of hydrogen-bond donors (Lipinski definition) is 0. The van der Waals surface area contributed by atoms with Crippen LogP contribution in [0.1, 0.15) is 19.8 Å². The lowest BCUT2D eigenvalue weighted by molar-refractivity contribution is -0.129. The fraction of sp³-hybridized carbons (Fsp3) is 0.769. The minimum absolute atomic E-state index is 0.328. The largest absolute Gasteiger partial charge is 0.379 e. The second-order valence-corrected chi connectivity index (χ2v) is 5.05. The van der Waals surface area contributed by atoms with Gasteiger partial charge in [-0.15, -0.1) is 6.58 Å². The van der Waals surface area contributed by atoms with Crippen molar-refractivity contribution in [1.29, 1.82) is 0 Å². The van der Waals surface area contributed by atoms with E-state index in [1.807, 2.05) is 0 Å². The molecule has 0 radical (unpaired) electrons. The Labute approximate surface area is 125 Å². The molecule has 0 saturated carbocycles. The van der Waals surface area contributed by atoms with E-state index in [0.717, 1.165) is 19.4 Å². The van der Waals surface area contributed by atoms with Crippen LogP contribution in [0.4, 0.5) is 0 Å². The molecule has 0 aromatic rings. The van der Waals surface area contributed by atoms with Gasteiger partial charge in [0.15, 0.2) is 4.84 Å². The van der Waals surface area contributed by atoms with E-state index in [-0.39, 0.29) is 5.91 Å². The number of alkyl halides is 2. The Bertz CT molecular complexity index is 250. The van der Waals surface area contributed by atoms with Gasteiger partial charge in [0.2, 0.25) is 0 Å². The highest BCUT2D eigenvalue weighted by Crippen LogP contribution is 2.07. The van der Waals surface area contributed by atoms with Crippen LogP contribution in [0.15, 0.2) is 12.7 Å². The maximum atomic E-state index is 11.6. The zero-order chi connectivity index (χ0) is 14.5. The molecule has 0 fully saturated rings. The van der Waals surface area contributed by atoms with Crippen molar-refractivity contribution in [3.05, 3.63) is 12.7 Å². The predicted molar refractivity (Wildman–Crippen MR) is 78.8 cm³/mol. The molecule has 0 aliphatic rings. The summed E-state index contributed by atoms with van der Waals surface area (Å²) in [4.78, 5) is 12.1. The van der Waals surface area contributed by atoms with Crippen LogP contribution in [0, 0.1) is 0 Å². The van der Waals surface area contributed by atoms with Gasteiger partial charge in [0.1, 0.15) is 0 Å². The first-order chi connectivity index (χ1) is 9.13. The third kappa shape index (κ3) is 10.2. The maximum Gasteiger partial charge on any atom is 0.256 e. The van der Waals surface area contributed by atoms with E-state index in [9.17, 15) is 4.79 Å². The first kappa shape index (κ1) is 18.7. The molecule has 0 saturated heterocycles.